The number of nitrogens with one attached hydrogen (secondary N) is 1. The van der Waals surface area contributed by atoms with E-state index in [9.17, 15) is 13.2 Å². The van der Waals surface area contributed by atoms with Gasteiger partial charge < -0.3 is 4.90 Å². The van der Waals surface area contributed by atoms with Crippen LogP contribution in [0, 0.1) is 5.92 Å². The average molecular weight is 308 g/mol. The Kier molecular flexibility index (Phi) is 3.99. The fourth-order valence-electron chi connectivity index (χ4n) is 3.24. The summed E-state index contributed by atoms with van der Waals surface area (Å²) in [6, 6.07) is 9.66. The van der Waals surface area contributed by atoms with E-state index < -0.39 is 10.0 Å². The highest BCUT2D eigenvalue weighted by Crippen LogP contribution is 2.28. The Labute approximate surface area is 125 Å². The molecule has 2 aliphatic heterocycles. The number of nitrogens with zero attached hydrogens (tertiary/aromatic N) is 1. The highest BCUT2D eigenvalue weighted by atomic mass is 32.2. The van der Waals surface area contributed by atoms with Crippen molar-refractivity contribution in [1.82, 2.24) is 9.62 Å². The molecule has 0 aromatic heterocycles. The molecule has 3 rings (SSSR count). The van der Waals surface area contributed by atoms with Gasteiger partial charge in [-0.25, -0.2) is 13.1 Å². The van der Waals surface area contributed by atoms with Gasteiger partial charge in [-0.15, -0.1) is 0 Å². The number of fused-ring (bicyclic) bond motifs is 1. The Hall–Kier alpha value is -1.40. The van der Waals surface area contributed by atoms with Gasteiger partial charge in [0.1, 0.15) is 0 Å². The summed E-state index contributed by atoms with van der Waals surface area (Å²) in [5.41, 5.74) is 1.00. The number of benzene rings is 1. The maximum Gasteiger partial charge on any atom is 0.226 e. The summed E-state index contributed by atoms with van der Waals surface area (Å²) in [5, 5.41) is -0.327. The zero-order chi connectivity index (χ0) is 14.9. The highest BCUT2D eigenvalue weighted by molar-refractivity contribution is 7.90. The van der Waals surface area contributed by atoms with Gasteiger partial charge in [-0.1, -0.05) is 30.3 Å². The molecule has 114 valence electrons. The van der Waals surface area contributed by atoms with Crippen molar-refractivity contribution in [2.24, 2.45) is 5.92 Å². The Balaban J connectivity index is 1.64. The maximum atomic E-state index is 12.4. The van der Waals surface area contributed by atoms with Gasteiger partial charge in [-0.2, -0.15) is 0 Å². The van der Waals surface area contributed by atoms with E-state index in [1.807, 2.05) is 35.2 Å². The van der Waals surface area contributed by atoms with Gasteiger partial charge in [0.25, 0.3) is 0 Å². The number of sulfonamides is 1. The summed E-state index contributed by atoms with van der Waals surface area (Å²) < 4.78 is 26.4. The van der Waals surface area contributed by atoms with E-state index in [0.29, 0.717) is 32.5 Å². The van der Waals surface area contributed by atoms with E-state index in [2.05, 4.69) is 4.72 Å². The lowest BCUT2D eigenvalue weighted by Crippen LogP contribution is -2.34. The molecule has 0 spiro atoms. The van der Waals surface area contributed by atoms with Crippen LogP contribution in [0.1, 0.15) is 18.4 Å². The molecule has 2 atom stereocenters. The molecule has 2 aliphatic rings. The minimum Gasteiger partial charge on any atom is -0.342 e. The van der Waals surface area contributed by atoms with Crippen LogP contribution in [0.15, 0.2) is 30.3 Å². The van der Waals surface area contributed by atoms with Crippen molar-refractivity contribution in [2.75, 3.05) is 19.6 Å². The van der Waals surface area contributed by atoms with Crippen LogP contribution in [0.3, 0.4) is 0 Å². The third-order valence-corrected chi connectivity index (χ3v) is 6.46. The minimum absolute atomic E-state index is 0.0894. The second-order valence-corrected chi connectivity index (χ2v) is 7.80. The first kappa shape index (κ1) is 14.5. The number of carbonyl (C=O) groups excluding carboxylic acids is 1. The van der Waals surface area contributed by atoms with Crippen LogP contribution in [0.5, 0.6) is 0 Å². The highest BCUT2D eigenvalue weighted by Gasteiger charge is 2.41. The molecule has 1 aromatic carbocycles. The van der Waals surface area contributed by atoms with Crippen molar-refractivity contribution in [1.29, 1.82) is 0 Å². The van der Waals surface area contributed by atoms with Gasteiger partial charge in [-0.3, -0.25) is 4.79 Å². The van der Waals surface area contributed by atoms with Crippen LogP contribution in [-0.4, -0.2) is 44.1 Å². The summed E-state index contributed by atoms with van der Waals surface area (Å²) in [6.07, 6.45) is 1.69. The molecule has 0 aliphatic carbocycles. The third-order valence-electron chi connectivity index (χ3n) is 4.48. The fraction of sp³-hybridized carbons (Fsp3) is 0.533. The molecular weight excluding hydrogens is 288 g/mol. The quantitative estimate of drug-likeness (QED) is 0.877. The number of hydrogen-bond acceptors (Lipinski definition) is 3. The first-order valence-electron chi connectivity index (χ1n) is 7.36. The largest absolute Gasteiger partial charge is 0.342 e. The molecule has 21 heavy (non-hydrogen) atoms. The zero-order valence-corrected chi connectivity index (χ0v) is 12.7. The number of rotatable bonds is 2. The molecule has 0 radical (unpaired) electrons. The second kappa shape index (κ2) is 5.77. The lowest BCUT2D eigenvalue weighted by molar-refractivity contribution is -0.130. The van der Waals surface area contributed by atoms with Crippen LogP contribution in [0.25, 0.3) is 0 Å². The average Bonchev–Trinajstić information content (AvgIpc) is 2.65. The van der Waals surface area contributed by atoms with Crippen LogP contribution in [0.2, 0.25) is 0 Å². The molecule has 1 aromatic rings. The Bertz CT molecular complexity index is 615. The first-order chi connectivity index (χ1) is 10.1. The van der Waals surface area contributed by atoms with Gasteiger partial charge in [0.05, 0.1) is 11.7 Å². The van der Waals surface area contributed by atoms with Crippen LogP contribution >= 0.6 is 0 Å². The topological polar surface area (TPSA) is 66.5 Å². The maximum absolute atomic E-state index is 12.4. The molecule has 0 unspecified atom stereocenters. The van der Waals surface area contributed by atoms with Crippen LogP contribution in [0.4, 0.5) is 0 Å². The van der Waals surface area contributed by atoms with E-state index in [1.165, 1.54) is 0 Å². The monoisotopic (exact) mass is 308 g/mol. The van der Waals surface area contributed by atoms with Crippen molar-refractivity contribution in [2.45, 2.75) is 24.5 Å². The molecule has 0 saturated carbocycles. The Morgan fingerprint density at radius 2 is 1.90 bits per heavy atom. The molecule has 2 heterocycles. The molecule has 2 fully saturated rings. The van der Waals surface area contributed by atoms with E-state index in [1.54, 1.807) is 0 Å². The zero-order valence-electron chi connectivity index (χ0n) is 11.9. The van der Waals surface area contributed by atoms with Crippen molar-refractivity contribution >= 4 is 15.9 Å². The number of likely N-dealkylation sites (tertiary alicyclic amines) is 1. The molecule has 6 heteroatoms. The van der Waals surface area contributed by atoms with Crippen molar-refractivity contribution in [3.05, 3.63) is 35.9 Å². The predicted molar refractivity (Wildman–Crippen MR) is 80.2 cm³/mol. The fourth-order valence-corrected chi connectivity index (χ4v) is 5.06. The smallest absolute Gasteiger partial charge is 0.226 e. The SMILES string of the molecule is O=C(Cc1ccccc1)N1CC[C@@H]2CNS(=O)(=O)[C@@H]2CC1. The lowest BCUT2D eigenvalue weighted by Gasteiger charge is -2.21. The van der Waals surface area contributed by atoms with Gasteiger partial charge in [0, 0.05) is 19.6 Å². The lowest BCUT2D eigenvalue weighted by atomic mass is 10.0. The Morgan fingerprint density at radius 3 is 2.67 bits per heavy atom. The summed E-state index contributed by atoms with van der Waals surface area (Å²) in [6.45, 7) is 1.71. The van der Waals surface area contributed by atoms with E-state index in [4.69, 9.17) is 0 Å². The summed E-state index contributed by atoms with van der Waals surface area (Å²) in [5.74, 6) is 0.232. The van der Waals surface area contributed by atoms with Gasteiger partial charge in [-0.05, 0) is 24.3 Å². The van der Waals surface area contributed by atoms with Gasteiger partial charge >= 0.3 is 0 Å². The van der Waals surface area contributed by atoms with Crippen molar-refractivity contribution in [3.8, 4) is 0 Å². The predicted octanol–water partition coefficient (Wildman–Crippen LogP) is 0.769. The van der Waals surface area contributed by atoms with Crippen LogP contribution < -0.4 is 4.72 Å². The molecular formula is C15H20N2O3S. The minimum atomic E-state index is -3.17. The molecule has 1 amide bonds. The molecule has 0 bridgehead atoms. The van der Waals surface area contributed by atoms with Gasteiger partial charge in [0.15, 0.2) is 0 Å². The summed E-state index contributed by atoms with van der Waals surface area (Å²) >= 11 is 0. The normalized spacial score (nSPS) is 27.9. The van der Waals surface area contributed by atoms with Gasteiger partial charge in [0.2, 0.25) is 15.9 Å². The number of carbonyl (C=O) groups is 1. The molecule has 5 nitrogen and oxygen atoms in total. The third kappa shape index (κ3) is 3.11. The van der Waals surface area contributed by atoms with Crippen LogP contribution in [-0.2, 0) is 21.2 Å². The summed E-state index contributed by atoms with van der Waals surface area (Å²) in [7, 11) is -3.17. The number of amides is 1. The van der Waals surface area contributed by atoms with E-state index in [0.717, 1.165) is 12.0 Å². The standard InChI is InChI=1S/C15H20N2O3S/c18-15(10-12-4-2-1-3-5-12)17-8-6-13-11-16-21(19,20)14(13)7-9-17/h1-5,13-14,16H,6-11H2/t13-,14-/m1/s1. The van der Waals surface area contributed by atoms with Crippen molar-refractivity contribution < 1.29 is 13.2 Å². The second-order valence-electron chi connectivity index (χ2n) is 5.81. The van der Waals surface area contributed by atoms with E-state index in [-0.39, 0.29) is 17.1 Å². The van der Waals surface area contributed by atoms with Crippen molar-refractivity contribution in [3.63, 3.8) is 0 Å². The molecule has 1 N–H and O–H groups in total. The summed E-state index contributed by atoms with van der Waals surface area (Å²) in [4.78, 5) is 14.2. The number of hydrogen-bond donors (Lipinski definition) is 1. The Morgan fingerprint density at radius 1 is 1.19 bits per heavy atom. The first-order valence-corrected chi connectivity index (χ1v) is 8.91. The molecule has 2 saturated heterocycles. The van der Waals surface area contributed by atoms with E-state index >= 15 is 0 Å².